The molecule has 1 aromatic carbocycles. The van der Waals surface area contributed by atoms with E-state index in [0.29, 0.717) is 0 Å². The molecule has 0 radical (unpaired) electrons. The molecule has 1 atom stereocenters. The molecular formula is C14H17BrClN3. The molecule has 0 saturated carbocycles. The van der Waals surface area contributed by atoms with Crippen molar-refractivity contribution in [1.29, 1.82) is 0 Å². The fourth-order valence-electron chi connectivity index (χ4n) is 1.95. The first kappa shape index (κ1) is 14.6. The Kier molecular flexibility index (Phi) is 5.43. The largest absolute Gasteiger partial charge is 0.310 e. The highest BCUT2D eigenvalue weighted by molar-refractivity contribution is 9.10. The van der Waals surface area contributed by atoms with Crippen molar-refractivity contribution in [3.63, 3.8) is 0 Å². The monoisotopic (exact) mass is 341 g/mol. The average molecular weight is 343 g/mol. The average Bonchev–Trinajstić information content (AvgIpc) is 2.87. The Balaban J connectivity index is 1.79. The maximum absolute atomic E-state index is 6.23. The number of hydrogen-bond donors (Lipinski definition) is 1. The second-order valence-corrected chi connectivity index (χ2v) is 5.79. The lowest BCUT2D eigenvalue weighted by molar-refractivity contribution is 0.507. The van der Waals surface area contributed by atoms with Crippen LogP contribution in [-0.4, -0.2) is 16.3 Å². The first-order valence-corrected chi connectivity index (χ1v) is 7.49. The number of aryl methyl sites for hydroxylation is 1. The van der Waals surface area contributed by atoms with E-state index in [4.69, 9.17) is 11.6 Å². The highest BCUT2D eigenvalue weighted by Gasteiger charge is 2.08. The van der Waals surface area contributed by atoms with Gasteiger partial charge in [-0.05, 0) is 43.7 Å². The fourth-order valence-corrected chi connectivity index (χ4v) is 2.79. The topological polar surface area (TPSA) is 29.9 Å². The zero-order chi connectivity index (χ0) is 13.7. The van der Waals surface area contributed by atoms with Crippen molar-refractivity contribution in [3.05, 3.63) is 51.7 Å². The summed E-state index contributed by atoms with van der Waals surface area (Å²) in [7, 11) is 0. The molecule has 3 nitrogen and oxygen atoms in total. The van der Waals surface area contributed by atoms with E-state index in [1.807, 2.05) is 29.1 Å². The summed E-state index contributed by atoms with van der Waals surface area (Å²) in [5.74, 6) is 0. The van der Waals surface area contributed by atoms with Crippen LogP contribution in [0, 0.1) is 0 Å². The predicted octanol–water partition coefficient (Wildman–Crippen LogP) is 4.04. The second kappa shape index (κ2) is 7.08. The van der Waals surface area contributed by atoms with E-state index in [1.54, 1.807) is 6.20 Å². The standard InChI is InChI=1S/C14H17BrClN3/c1-11(13-5-4-12(15)10-14(13)16)17-6-2-8-19-9-3-7-18-19/h3-5,7,9-11,17H,2,6,8H2,1H3. The molecule has 0 aliphatic rings. The van der Waals surface area contributed by atoms with Crippen molar-refractivity contribution in [3.8, 4) is 0 Å². The normalized spacial score (nSPS) is 12.6. The third-order valence-corrected chi connectivity index (χ3v) is 3.82. The van der Waals surface area contributed by atoms with Gasteiger partial charge < -0.3 is 5.32 Å². The van der Waals surface area contributed by atoms with Crippen LogP contribution in [0.4, 0.5) is 0 Å². The maximum atomic E-state index is 6.23. The van der Waals surface area contributed by atoms with E-state index in [0.717, 1.165) is 34.6 Å². The van der Waals surface area contributed by atoms with Crippen LogP contribution in [0.5, 0.6) is 0 Å². The van der Waals surface area contributed by atoms with Gasteiger partial charge in [0.15, 0.2) is 0 Å². The van der Waals surface area contributed by atoms with E-state index < -0.39 is 0 Å². The van der Waals surface area contributed by atoms with Gasteiger partial charge in [-0.1, -0.05) is 33.6 Å². The lowest BCUT2D eigenvalue weighted by Crippen LogP contribution is -2.21. The summed E-state index contributed by atoms with van der Waals surface area (Å²) in [6, 6.07) is 8.19. The van der Waals surface area contributed by atoms with Crippen molar-refractivity contribution in [1.82, 2.24) is 15.1 Å². The summed E-state index contributed by atoms with van der Waals surface area (Å²) in [4.78, 5) is 0. The molecule has 5 heteroatoms. The van der Waals surface area contributed by atoms with Gasteiger partial charge in [-0.3, -0.25) is 4.68 Å². The number of nitrogens with zero attached hydrogens (tertiary/aromatic N) is 2. The summed E-state index contributed by atoms with van der Waals surface area (Å²) >= 11 is 9.65. The number of rotatable bonds is 6. The van der Waals surface area contributed by atoms with Gasteiger partial charge >= 0.3 is 0 Å². The lowest BCUT2D eigenvalue weighted by atomic mass is 10.1. The Morgan fingerprint density at radius 1 is 1.47 bits per heavy atom. The van der Waals surface area contributed by atoms with E-state index in [-0.39, 0.29) is 6.04 Å². The Labute approximate surface area is 127 Å². The van der Waals surface area contributed by atoms with Gasteiger partial charge in [-0.2, -0.15) is 5.10 Å². The molecule has 0 bridgehead atoms. The van der Waals surface area contributed by atoms with Crippen LogP contribution in [0.15, 0.2) is 41.1 Å². The summed E-state index contributed by atoms with van der Waals surface area (Å²) in [6.07, 6.45) is 4.83. The maximum Gasteiger partial charge on any atom is 0.0489 e. The van der Waals surface area contributed by atoms with Crippen molar-refractivity contribution >= 4 is 27.5 Å². The molecule has 0 saturated heterocycles. The molecule has 0 amide bonds. The van der Waals surface area contributed by atoms with Crippen molar-refractivity contribution < 1.29 is 0 Å². The van der Waals surface area contributed by atoms with Crippen LogP contribution in [0.3, 0.4) is 0 Å². The molecule has 1 unspecified atom stereocenters. The molecule has 0 fully saturated rings. The molecule has 2 rings (SSSR count). The van der Waals surface area contributed by atoms with E-state index in [1.165, 1.54) is 0 Å². The minimum Gasteiger partial charge on any atom is -0.310 e. The van der Waals surface area contributed by atoms with E-state index >= 15 is 0 Å². The smallest absolute Gasteiger partial charge is 0.0489 e. The predicted molar refractivity (Wildman–Crippen MR) is 82.4 cm³/mol. The molecule has 2 aromatic rings. The number of halogens is 2. The molecule has 0 spiro atoms. The summed E-state index contributed by atoms with van der Waals surface area (Å²) < 4.78 is 2.95. The van der Waals surface area contributed by atoms with Gasteiger partial charge in [0.1, 0.15) is 0 Å². The Morgan fingerprint density at radius 2 is 2.32 bits per heavy atom. The van der Waals surface area contributed by atoms with Crippen LogP contribution >= 0.6 is 27.5 Å². The van der Waals surface area contributed by atoms with Crippen LogP contribution in [0.25, 0.3) is 0 Å². The van der Waals surface area contributed by atoms with Gasteiger partial charge in [0, 0.05) is 34.5 Å². The highest BCUT2D eigenvalue weighted by Crippen LogP contribution is 2.26. The molecule has 19 heavy (non-hydrogen) atoms. The summed E-state index contributed by atoms with van der Waals surface area (Å²) in [5.41, 5.74) is 1.13. The Hall–Kier alpha value is -0.840. The van der Waals surface area contributed by atoms with E-state index in [9.17, 15) is 0 Å². The van der Waals surface area contributed by atoms with Crippen molar-refractivity contribution in [2.24, 2.45) is 0 Å². The summed E-state index contributed by atoms with van der Waals surface area (Å²) in [6.45, 7) is 4.00. The van der Waals surface area contributed by atoms with Crippen molar-refractivity contribution in [2.75, 3.05) is 6.54 Å². The number of nitrogens with one attached hydrogen (secondary N) is 1. The minimum absolute atomic E-state index is 0.248. The molecule has 0 aliphatic carbocycles. The van der Waals surface area contributed by atoms with Crippen LogP contribution in [0.2, 0.25) is 5.02 Å². The quantitative estimate of drug-likeness (QED) is 0.803. The van der Waals surface area contributed by atoms with Gasteiger partial charge in [0.2, 0.25) is 0 Å². The van der Waals surface area contributed by atoms with Gasteiger partial charge in [0.25, 0.3) is 0 Å². The number of benzene rings is 1. The van der Waals surface area contributed by atoms with Gasteiger partial charge in [0.05, 0.1) is 0 Å². The van der Waals surface area contributed by atoms with Crippen LogP contribution in [0.1, 0.15) is 24.9 Å². The van der Waals surface area contributed by atoms with Gasteiger partial charge in [-0.15, -0.1) is 0 Å². The van der Waals surface area contributed by atoms with Gasteiger partial charge in [-0.25, -0.2) is 0 Å². The number of aromatic nitrogens is 2. The first-order valence-electron chi connectivity index (χ1n) is 6.32. The Morgan fingerprint density at radius 3 is 3.00 bits per heavy atom. The lowest BCUT2D eigenvalue weighted by Gasteiger charge is -2.16. The molecule has 0 aliphatic heterocycles. The van der Waals surface area contributed by atoms with Crippen LogP contribution < -0.4 is 5.32 Å². The molecule has 1 N–H and O–H groups in total. The first-order chi connectivity index (χ1) is 9.16. The van der Waals surface area contributed by atoms with Crippen molar-refractivity contribution in [2.45, 2.75) is 25.9 Å². The third-order valence-electron chi connectivity index (χ3n) is 3.00. The highest BCUT2D eigenvalue weighted by atomic mass is 79.9. The third kappa shape index (κ3) is 4.34. The minimum atomic E-state index is 0.248. The zero-order valence-electron chi connectivity index (χ0n) is 10.8. The second-order valence-electron chi connectivity index (χ2n) is 4.46. The Bertz CT molecular complexity index is 513. The molecule has 1 aromatic heterocycles. The molecule has 1 heterocycles. The molecule has 102 valence electrons. The SMILES string of the molecule is CC(NCCCn1cccn1)c1ccc(Br)cc1Cl. The summed E-state index contributed by atoms with van der Waals surface area (Å²) in [5, 5.41) is 8.45. The molecular weight excluding hydrogens is 326 g/mol. The van der Waals surface area contributed by atoms with Crippen LogP contribution in [-0.2, 0) is 6.54 Å². The number of hydrogen-bond acceptors (Lipinski definition) is 2. The fraction of sp³-hybridized carbons (Fsp3) is 0.357. The zero-order valence-corrected chi connectivity index (χ0v) is 13.2. The van der Waals surface area contributed by atoms with E-state index in [2.05, 4.69) is 39.3 Å².